The average molecular weight is 661 g/mol. The number of pyridine rings is 4. The topological polar surface area (TPSA) is 51.6 Å². The van der Waals surface area contributed by atoms with E-state index in [9.17, 15) is 0 Å². The van der Waals surface area contributed by atoms with E-state index in [1.54, 1.807) is 0 Å². The molecule has 4 nitrogen and oxygen atoms in total. The summed E-state index contributed by atoms with van der Waals surface area (Å²) in [6.45, 7) is 0. The lowest BCUT2D eigenvalue weighted by atomic mass is 9.92. The van der Waals surface area contributed by atoms with Gasteiger partial charge >= 0.3 is 0 Å². The molecule has 0 atom stereocenters. The van der Waals surface area contributed by atoms with Crippen LogP contribution in [0.3, 0.4) is 0 Å². The molecule has 7 aromatic carbocycles. The van der Waals surface area contributed by atoms with Crippen molar-refractivity contribution < 1.29 is 0 Å². The molecule has 0 amide bonds. The van der Waals surface area contributed by atoms with Gasteiger partial charge in [0.05, 0.1) is 33.5 Å². The zero-order valence-corrected chi connectivity index (χ0v) is 28.0. The van der Waals surface area contributed by atoms with Crippen molar-refractivity contribution >= 4 is 75.9 Å². The van der Waals surface area contributed by atoms with Crippen LogP contribution in [0.15, 0.2) is 170 Å². The van der Waals surface area contributed by atoms with Crippen LogP contribution in [0.1, 0.15) is 0 Å². The quantitative estimate of drug-likeness (QED) is 0.177. The van der Waals surface area contributed by atoms with Gasteiger partial charge in [0.15, 0.2) is 0 Å². The fourth-order valence-electron chi connectivity index (χ4n) is 8.08. The van der Waals surface area contributed by atoms with Crippen LogP contribution < -0.4 is 0 Å². The molecule has 4 heteroatoms. The molecule has 4 aromatic heterocycles. The van der Waals surface area contributed by atoms with E-state index in [2.05, 4.69) is 151 Å². The summed E-state index contributed by atoms with van der Waals surface area (Å²) in [5.74, 6) is 0. The zero-order valence-electron chi connectivity index (χ0n) is 28.0. The summed E-state index contributed by atoms with van der Waals surface area (Å²) in [6.07, 6.45) is 3.66. The van der Waals surface area contributed by atoms with Crippen molar-refractivity contribution in [2.24, 2.45) is 0 Å². The van der Waals surface area contributed by atoms with Gasteiger partial charge in [0.2, 0.25) is 0 Å². The van der Waals surface area contributed by atoms with Gasteiger partial charge in [-0.3, -0.25) is 9.97 Å². The van der Waals surface area contributed by atoms with E-state index in [1.807, 2.05) is 24.5 Å². The molecule has 11 aromatic rings. The van der Waals surface area contributed by atoms with Gasteiger partial charge < -0.3 is 0 Å². The van der Waals surface area contributed by atoms with Gasteiger partial charge in [-0.1, -0.05) is 121 Å². The average Bonchev–Trinajstić information content (AvgIpc) is 3.22. The fraction of sp³-hybridized carbons (Fsp3) is 0. The third kappa shape index (κ3) is 4.34. The van der Waals surface area contributed by atoms with Crippen molar-refractivity contribution in [3.63, 3.8) is 0 Å². The molecule has 0 aliphatic heterocycles. The molecule has 4 heterocycles. The monoisotopic (exact) mass is 660 g/mol. The van der Waals surface area contributed by atoms with Crippen molar-refractivity contribution in [1.82, 2.24) is 19.9 Å². The minimum absolute atomic E-state index is 0.918. The van der Waals surface area contributed by atoms with E-state index in [0.717, 1.165) is 77.3 Å². The summed E-state index contributed by atoms with van der Waals surface area (Å²) in [4.78, 5) is 19.9. The molecular formula is C48H28N4. The number of nitrogens with zero attached hydrogens (tertiary/aromatic N) is 4. The van der Waals surface area contributed by atoms with Crippen LogP contribution in [0.2, 0.25) is 0 Å². The highest BCUT2D eigenvalue weighted by Crippen LogP contribution is 2.41. The summed E-state index contributed by atoms with van der Waals surface area (Å²) in [7, 11) is 0. The Bertz CT molecular complexity index is 3240. The van der Waals surface area contributed by atoms with Crippen LogP contribution in [0.25, 0.3) is 110 Å². The number of benzene rings is 7. The maximum atomic E-state index is 5.44. The predicted molar refractivity (Wildman–Crippen MR) is 216 cm³/mol. The lowest BCUT2D eigenvalue weighted by Crippen LogP contribution is -1.93. The molecule has 0 aliphatic carbocycles. The highest BCUT2D eigenvalue weighted by Gasteiger charge is 2.17. The summed E-state index contributed by atoms with van der Waals surface area (Å²) < 4.78 is 0. The second kappa shape index (κ2) is 11.2. The van der Waals surface area contributed by atoms with Gasteiger partial charge in [0.1, 0.15) is 0 Å². The smallest absolute Gasteiger partial charge is 0.0970 e. The van der Waals surface area contributed by atoms with E-state index < -0.39 is 0 Å². The van der Waals surface area contributed by atoms with Crippen LogP contribution in [0, 0.1) is 0 Å². The van der Waals surface area contributed by atoms with Crippen LogP contribution >= 0.6 is 0 Å². The molecule has 0 saturated carbocycles. The molecule has 0 unspecified atom stereocenters. The van der Waals surface area contributed by atoms with E-state index >= 15 is 0 Å². The Morgan fingerprint density at radius 2 is 0.962 bits per heavy atom. The van der Waals surface area contributed by atoms with Crippen LogP contribution in [0.4, 0.5) is 0 Å². The molecule has 0 N–H and O–H groups in total. The molecule has 0 radical (unpaired) electrons. The molecule has 0 bridgehead atoms. The summed E-state index contributed by atoms with van der Waals surface area (Å²) in [6, 6.07) is 55.9. The van der Waals surface area contributed by atoms with Crippen LogP contribution in [-0.4, -0.2) is 19.9 Å². The number of rotatable bonds is 3. The SMILES string of the molecule is c1cnc2c(c1)cc(-c1ccc3nc(-c4ccc(-c5nc6c7ccccc7c7ccccc7c6c6ccccc56)cc4)ccc3c1)c1cccnc12. The fourth-order valence-corrected chi connectivity index (χ4v) is 8.08. The number of hydrogen-bond donors (Lipinski definition) is 0. The summed E-state index contributed by atoms with van der Waals surface area (Å²) in [5, 5.41) is 11.7. The number of fused-ring (bicyclic) bond motifs is 12. The largest absolute Gasteiger partial charge is 0.254 e. The van der Waals surface area contributed by atoms with Crippen molar-refractivity contribution in [1.29, 1.82) is 0 Å². The van der Waals surface area contributed by atoms with Gasteiger partial charge in [-0.05, 0) is 69.1 Å². The molecule has 0 saturated heterocycles. The maximum Gasteiger partial charge on any atom is 0.0970 e. The van der Waals surface area contributed by atoms with Crippen molar-refractivity contribution in [2.45, 2.75) is 0 Å². The lowest BCUT2D eigenvalue weighted by molar-refractivity contribution is 1.37. The normalized spacial score (nSPS) is 11.8. The number of hydrogen-bond acceptors (Lipinski definition) is 4. The lowest BCUT2D eigenvalue weighted by Gasteiger charge is -2.15. The van der Waals surface area contributed by atoms with Gasteiger partial charge in [-0.25, -0.2) is 9.97 Å². The predicted octanol–water partition coefficient (Wildman–Crippen LogP) is 12.3. The van der Waals surface area contributed by atoms with Crippen LogP contribution in [0.5, 0.6) is 0 Å². The Labute approximate surface area is 298 Å². The second-order valence-electron chi connectivity index (χ2n) is 13.4. The van der Waals surface area contributed by atoms with Gasteiger partial charge in [0.25, 0.3) is 0 Å². The first-order valence-corrected chi connectivity index (χ1v) is 17.5. The second-order valence-corrected chi connectivity index (χ2v) is 13.4. The highest BCUT2D eigenvalue weighted by molar-refractivity contribution is 6.31. The van der Waals surface area contributed by atoms with Crippen molar-refractivity contribution in [3.8, 4) is 33.6 Å². The molecule has 11 rings (SSSR count). The molecular weight excluding hydrogens is 633 g/mol. The Kier molecular flexibility index (Phi) is 6.22. The van der Waals surface area contributed by atoms with Gasteiger partial charge in [0, 0.05) is 55.8 Å². The first-order chi connectivity index (χ1) is 25.8. The first-order valence-electron chi connectivity index (χ1n) is 17.5. The highest BCUT2D eigenvalue weighted by atomic mass is 14.7. The minimum atomic E-state index is 0.918. The van der Waals surface area contributed by atoms with Crippen molar-refractivity contribution in [3.05, 3.63) is 170 Å². The Morgan fingerprint density at radius 1 is 0.346 bits per heavy atom. The zero-order chi connectivity index (χ0) is 34.2. The Morgan fingerprint density at radius 3 is 1.77 bits per heavy atom. The third-order valence-corrected chi connectivity index (χ3v) is 10.5. The Balaban J connectivity index is 1.01. The summed E-state index contributed by atoms with van der Waals surface area (Å²) >= 11 is 0. The molecule has 52 heavy (non-hydrogen) atoms. The van der Waals surface area contributed by atoms with Gasteiger partial charge in [-0.15, -0.1) is 0 Å². The minimum Gasteiger partial charge on any atom is -0.254 e. The molecule has 0 fully saturated rings. The molecule has 240 valence electrons. The van der Waals surface area contributed by atoms with E-state index in [4.69, 9.17) is 15.0 Å². The Hall–Kier alpha value is -7.04. The third-order valence-electron chi connectivity index (χ3n) is 10.5. The summed E-state index contributed by atoms with van der Waals surface area (Å²) in [5.41, 5.74) is 10.2. The van der Waals surface area contributed by atoms with E-state index in [-0.39, 0.29) is 0 Å². The maximum absolute atomic E-state index is 5.44. The first kappa shape index (κ1) is 28.8. The molecule has 0 spiro atoms. The number of aromatic nitrogens is 4. The standard InChI is InChI=1S/C48H28N4/c1-3-12-36-34(10-1)35-11-2-5-14-38(35)47-44(36)37-13-4-6-15-39(37)45(52-47)30-19-17-29(18-20-30)42-24-22-32-27-31(21-23-43(32)51-42)41-28-33-9-7-25-49-46(33)48-40(41)16-8-26-50-48/h1-28H. The van der Waals surface area contributed by atoms with E-state index in [0.29, 0.717) is 0 Å². The van der Waals surface area contributed by atoms with Crippen molar-refractivity contribution in [2.75, 3.05) is 0 Å². The van der Waals surface area contributed by atoms with Gasteiger partial charge in [-0.2, -0.15) is 0 Å². The van der Waals surface area contributed by atoms with Crippen LogP contribution in [-0.2, 0) is 0 Å². The molecule has 0 aliphatic rings. The van der Waals surface area contributed by atoms with E-state index in [1.165, 1.54) is 32.3 Å².